The fourth-order valence-corrected chi connectivity index (χ4v) is 7.16. The quantitative estimate of drug-likeness (QED) is 0.493. The van der Waals surface area contributed by atoms with E-state index in [-0.39, 0.29) is 23.0 Å². The highest BCUT2D eigenvalue weighted by molar-refractivity contribution is 7.09. The van der Waals surface area contributed by atoms with Crippen molar-refractivity contribution in [1.82, 2.24) is 10.3 Å². The van der Waals surface area contributed by atoms with Gasteiger partial charge in [0.15, 0.2) is 0 Å². The van der Waals surface area contributed by atoms with Crippen LogP contribution in [0.4, 0.5) is 0 Å². The van der Waals surface area contributed by atoms with E-state index in [0.29, 0.717) is 42.4 Å². The van der Waals surface area contributed by atoms with Gasteiger partial charge >= 0.3 is 13.1 Å². The number of hydrogen-bond donors (Lipinski definition) is 2. The minimum Gasteiger partial charge on any atom is -0.496 e. The lowest BCUT2D eigenvalue weighted by Gasteiger charge is -2.64. The molecule has 0 spiro atoms. The summed E-state index contributed by atoms with van der Waals surface area (Å²) in [6.45, 7) is 6.77. The van der Waals surface area contributed by atoms with Gasteiger partial charge in [0.1, 0.15) is 11.3 Å². The summed E-state index contributed by atoms with van der Waals surface area (Å²) in [5, 5.41) is 12.8. The zero-order chi connectivity index (χ0) is 25.7. The van der Waals surface area contributed by atoms with Crippen molar-refractivity contribution in [2.24, 2.45) is 17.3 Å². The van der Waals surface area contributed by atoms with Gasteiger partial charge in [0.2, 0.25) is 5.91 Å². The zero-order valence-electron chi connectivity index (χ0n) is 21.2. The number of rotatable bonds is 9. The Morgan fingerprint density at radius 2 is 2.14 bits per heavy atom. The molecule has 8 nitrogen and oxygen atoms in total. The zero-order valence-corrected chi connectivity index (χ0v) is 22.0. The van der Waals surface area contributed by atoms with E-state index in [0.717, 1.165) is 17.7 Å². The van der Waals surface area contributed by atoms with Crippen molar-refractivity contribution >= 4 is 30.3 Å². The molecule has 3 aliphatic carbocycles. The van der Waals surface area contributed by atoms with Crippen LogP contribution in [0, 0.1) is 17.3 Å². The molecule has 4 aliphatic rings. The Balaban J connectivity index is 1.39. The molecule has 5 unspecified atom stereocenters. The topological polar surface area (TPSA) is 107 Å². The molecule has 1 amide bonds. The number of para-hydroxylation sites is 1. The molecule has 36 heavy (non-hydrogen) atoms. The number of aromatic carboxylic acids is 1. The van der Waals surface area contributed by atoms with Crippen LogP contribution >= 0.6 is 11.3 Å². The highest BCUT2D eigenvalue weighted by Crippen LogP contribution is 2.65. The first-order valence-corrected chi connectivity index (χ1v) is 13.4. The van der Waals surface area contributed by atoms with E-state index >= 15 is 0 Å². The van der Waals surface area contributed by atoms with Crippen LogP contribution in [-0.4, -0.2) is 53.8 Å². The van der Waals surface area contributed by atoms with Gasteiger partial charge in [0.05, 0.1) is 30.3 Å². The molecule has 6 rings (SSSR count). The first kappa shape index (κ1) is 25.2. The molecular formula is C26H33BN2O6S. The van der Waals surface area contributed by atoms with Crippen molar-refractivity contribution in [2.75, 3.05) is 7.11 Å². The summed E-state index contributed by atoms with van der Waals surface area (Å²) >= 11 is 1.53. The minimum absolute atomic E-state index is 0.0249. The molecular weight excluding hydrogens is 479 g/mol. The van der Waals surface area contributed by atoms with Gasteiger partial charge in [0.25, 0.3) is 0 Å². The van der Waals surface area contributed by atoms with Crippen molar-refractivity contribution in [1.29, 1.82) is 0 Å². The summed E-state index contributed by atoms with van der Waals surface area (Å²) in [5.41, 5.74) is 2.31. The second kappa shape index (κ2) is 9.47. The Kier molecular flexibility index (Phi) is 6.63. The van der Waals surface area contributed by atoms with Crippen LogP contribution in [0.15, 0.2) is 29.9 Å². The summed E-state index contributed by atoms with van der Waals surface area (Å²) < 4.78 is 18.7. The van der Waals surface area contributed by atoms with Crippen LogP contribution in [0.3, 0.4) is 0 Å². The summed E-state index contributed by atoms with van der Waals surface area (Å²) in [4.78, 5) is 29.9. The van der Waals surface area contributed by atoms with E-state index in [4.69, 9.17) is 14.0 Å². The summed E-state index contributed by atoms with van der Waals surface area (Å²) in [5.74, 6) is -0.376. The van der Waals surface area contributed by atoms with Gasteiger partial charge < -0.3 is 24.5 Å². The van der Waals surface area contributed by atoms with E-state index in [1.54, 1.807) is 17.8 Å². The second-order valence-corrected chi connectivity index (χ2v) is 12.0. The van der Waals surface area contributed by atoms with Gasteiger partial charge in [-0.1, -0.05) is 26.0 Å². The number of amides is 1. The number of methoxy groups -OCH3 is 1. The predicted molar refractivity (Wildman–Crippen MR) is 136 cm³/mol. The van der Waals surface area contributed by atoms with Gasteiger partial charge in [-0.05, 0) is 61.5 Å². The average molecular weight is 512 g/mol. The molecule has 3 saturated carbocycles. The number of nitrogens with one attached hydrogen (secondary N) is 1. The van der Waals surface area contributed by atoms with Crippen LogP contribution < -0.4 is 10.1 Å². The number of nitrogens with zero attached hydrogens (tertiary/aromatic N) is 1. The lowest BCUT2D eigenvalue weighted by Crippen LogP contribution is -2.65. The van der Waals surface area contributed by atoms with Crippen LogP contribution in [-0.2, 0) is 26.9 Å². The smallest absolute Gasteiger partial charge is 0.482 e. The average Bonchev–Trinajstić information content (AvgIpc) is 3.48. The second-order valence-electron chi connectivity index (χ2n) is 11.0. The Bertz CT molecular complexity index is 1140. The third-order valence-corrected chi connectivity index (χ3v) is 9.54. The lowest BCUT2D eigenvalue weighted by atomic mass is 9.43. The highest BCUT2D eigenvalue weighted by Gasteiger charge is 2.68. The Hall–Kier alpha value is -2.43. The van der Waals surface area contributed by atoms with Gasteiger partial charge in [-0.25, -0.2) is 4.79 Å². The predicted octanol–water partition coefficient (Wildman–Crippen LogP) is 3.78. The maximum absolute atomic E-state index is 13.0. The maximum atomic E-state index is 13.0. The molecule has 10 heteroatoms. The number of hydrogen-bond acceptors (Lipinski definition) is 7. The first-order chi connectivity index (χ1) is 17.1. The molecule has 1 aromatic heterocycles. The Labute approximate surface area is 215 Å². The van der Waals surface area contributed by atoms with Gasteiger partial charge in [-0.15, -0.1) is 11.3 Å². The Morgan fingerprint density at radius 3 is 2.81 bits per heavy atom. The SMILES string of the molecule is COc1c(CC(NC(=O)CCc2cncs2)B2OC3CC4CC(C4(C)C)C3(C)O2)cccc1C(=O)O. The maximum Gasteiger partial charge on any atom is 0.482 e. The van der Waals surface area contributed by atoms with Gasteiger partial charge in [-0.3, -0.25) is 9.78 Å². The van der Waals surface area contributed by atoms with Crippen molar-refractivity contribution < 1.29 is 28.7 Å². The van der Waals surface area contributed by atoms with Crippen LogP contribution in [0.5, 0.6) is 5.75 Å². The summed E-state index contributed by atoms with van der Waals surface area (Å²) in [6.07, 6.45) is 5.07. The van der Waals surface area contributed by atoms with E-state index in [1.165, 1.54) is 24.5 Å². The monoisotopic (exact) mass is 512 g/mol. The molecule has 2 aromatic rings. The molecule has 4 fully saturated rings. The third kappa shape index (κ3) is 4.33. The van der Waals surface area contributed by atoms with Crippen molar-refractivity contribution in [3.63, 3.8) is 0 Å². The van der Waals surface area contributed by atoms with Crippen LogP contribution in [0.25, 0.3) is 0 Å². The number of benzene rings is 1. The number of carbonyl (C=O) groups is 2. The first-order valence-electron chi connectivity index (χ1n) is 12.5. The molecule has 192 valence electrons. The number of aryl methyl sites for hydroxylation is 1. The minimum atomic E-state index is -1.06. The van der Waals surface area contributed by atoms with Crippen molar-refractivity contribution in [3.8, 4) is 5.75 Å². The van der Waals surface area contributed by atoms with Crippen LogP contribution in [0.2, 0.25) is 0 Å². The molecule has 2 bridgehead atoms. The molecule has 5 atom stereocenters. The molecule has 2 N–H and O–H groups in total. The van der Waals surface area contributed by atoms with E-state index in [9.17, 15) is 14.7 Å². The molecule has 1 aliphatic heterocycles. The largest absolute Gasteiger partial charge is 0.496 e. The van der Waals surface area contributed by atoms with Gasteiger partial charge in [-0.2, -0.15) is 0 Å². The number of carboxylic acids is 1. The molecule has 1 aromatic carbocycles. The molecule has 1 saturated heterocycles. The van der Waals surface area contributed by atoms with Crippen molar-refractivity contribution in [3.05, 3.63) is 45.9 Å². The number of carboxylic acid groups (broad SMARTS) is 1. The van der Waals surface area contributed by atoms with E-state index in [1.807, 2.05) is 6.07 Å². The standard InChI is InChI=1S/C26H33BN2O6S/c1-25(2)16-11-19(25)26(3)20(12-16)34-27(35-26)21(29-22(30)9-8-17-13-28-14-36-17)10-15-6-5-7-18(24(31)32)23(15)33-4/h5-7,13-14,16,19-21H,8-12H2,1-4H3,(H,29,30)(H,31,32). The van der Waals surface area contributed by atoms with Gasteiger partial charge in [0, 0.05) is 17.5 Å². The highest BCUT2D eigenvalue weighted by atomic mass is 32.1. The summed E-state index contributed by atoms with van der Waals surface area (Å²) in [6, 6.07) is 5.03. The third-order valence-electron chi connectivity index (χ3n) is 8.70. The fourth-order valence-electron chi connectivity index (χ4n) is 6.56. The molecule has 2 heterocycles. The summed E-state index contributed by atoms with van der Waals surface area (Å²) in [7, 11) is 0.821. The van der Waals surface area contributed by atoms with Crippen molar-refractivity contribution in [2.45, 2.75) is 70.5 Å². The number of carbonyl (C=O) groups excluding carboxylic acids is 1. The number of thiazole rings is 1. The lowest BCUT2D eigenvalue weighted by molar-refractivity contribution is -0.199. The van der Waals surface area contributed by atoms with Crippen LogP contribution in [0.1, 0.15) is 60.8 Å². The Morgan fingerprint density at radius 1 is 1.33 bits per heavy atom. The fraction of sp³-hybridized carbons (Fsp3) is 0.577. The number of ether oxygens (including phenoxy) is 1. The molecule has 0 radical (unpaired) electrons. The normalized spacial score (nSPS) is 28.7. The van der Waals surface area contributed by atoms with E-state index in [2.05, 4.69) is 31.1 Å². The number of aromatic nitrogens is 1. The van der Waals surface area contributed by atoms with E-state index < -0.39 is 24.6 Å².